The number of nitrogens with one attached hydrogen (secondary N) is 2. The molecule has 0 radical (unpaired) electrons. The number of aromatic nitrogens is 2. The normalized spacial score (nSPS) is 12.5. The van der Waals surface area contributed by atoms with Crippen molar-refractivity contribution in [1.82, 2.24) is 15.3 Å². The van der Waals surface area contributed by atoms with Crippen LogP contribution >= 0.6 is 0 Å². The van der Waals surface area contributed by atoms with Crippen LogP contribution in [0.2, 0.25) is 0 Å². The molecule has 3 nitrogen and oxygen atoms in total. The molecule has 1 atom stereocenters. The summed E-state index contributed by atoms with van der Waals surface area (Å²) in [5.74, 6) is 0.602. The Labute approximate surface area is 102 Å². The van der Waals surface area contributed by atoms with Crippen molar-refractivity contribution >= 4 is 0 Å². The molecule has 0 bridgehead atoms. The number of imidazole rings is 1. The molecule has 0 aliphatic heterocycles. The number of aromatic amines is 1. The minimum absolute atomic E-state index is 0.602. The van der Waals surface area contributed by atoms with E-state index in [-0.39, 0.29) is 0 Å². The Morgan fingerprint density at radius 3 is 2.82 bits per heavy atom. The van der Waals surface area contributed by atoms with Gasteiger partial charge >= 0.3 is 0 Å². The first-order valence-electron chi connectivity index (χ1n) is 6.09. The Morgan fingerprint density at radius 1 is 1.29 bits per heavy atom. The molecule has 2 aromatic rings. The highest BCUT2D eigenvalue weighted by Crippen LogP contribution is 2.17. The van der Waals surface area contributed by atoms with Gasteiger partial charge in [-0.15, -0.1) is 0 Å². The number of nitrogens with zero attached hydrogens (tertiary/aromatic N) is 1. The first-order chi connectivity index (χ1) is 8.36. The second kappa shape index (κ2) is 6.21. The lowest BCUT2D eigenvalue weighted by molar-refractivity contribution is 0.590. The van der Waals surface area contributed by atoms with Gasteiger partial charge in [-0.2, -0.15) is 0 Å². The van der Waals surface area contributed by atoms with Crippen molar-refractivity contribution in [3.05, 3.63) is 54.1 Å². The standard InChI is InChI=1S/C14H19N3/c1-12(13-5-3-2-4-6-13)7-8-15-9-14-10-16-11-17-14/h2-6,10-12,15H,7-9H2,1H3,(H,16,17). The van der Waals surface area contributed by atoms with Crippen LogP contribution in [-0.2, 0) is 6.54 Å². The van der Waals surface area contributed by atoms with Gasteiger partial charge in [0.2, 0.25) is 0 Å². The first-order valence-corrected chi connectivity index (χ1v) is 6.09. The van der Waals surface area contributed by atoms with E-state index in [1.807, 2.05) is 6.20 Å². The van der Waals surface area contributed by atoms with Crippen LogP contribution < -0.4 is 5.32 Å². The molecule has 0 amide bonds. The molecular weight excluding hydrogens is 210 g/mol. The third-order valence-corrected chi connectivity index (χ3v) is 2.99. The molecule has 0 aliphatic rings. The zero-order valence-electron chi connectivity index (χ0n) is 10.2. The molecule has 1 aromatic heterocycles. The Hall–Kier alpha value is -1.61. The maximum Gasteiger partial charge on any atom is 0.0922 e. The van der Waals surface area contributed by atoms with Crippen molar-refractivity contribution in [1.29, 1.82) is 0 Å². The van der Waals surface area contributed by atoms with Gasteiger partial charge in [0.15, 0.2) is 0 Å². The number of benzene rings is 1. The summed E-state index contributed by atoms with van der Waals surface area (Å²) in [4.78, 5) is 7.07. The van der Waals surface area contributed by atoms with E-state index in [9.17, 15) is 0 Å². The van der Waals surface area contributed by atoms with Crippen LogP contribution in [-0.4, -0.2) is 16.5 Å². The van der Waals surface area contributed by atoms with Gasteiger partial charge in [0.25, 0.3) is 0 Å². The van der Waals surface area contributed by atoms with Crippen LogP contribution in [0.15, 0.2) is 42.9 Å². The highest BCUT2D eigenvalue weighted by atomic mass is 14.9. The van der Waals surface area contributed by atoms with Crippen LogP contribution in [0.5, 0.6) is 0 Å². The van der Waals surface area contributed by atoms with Gasteiger partial charge in [-0.1, -0.05) is 37.3 Å². The van der Waals surface area contributed by atoms with Crippen molar-refractivity contribution in [3.8, 4) is 0 Å². The molecule has 1 unspecified atom stereocenters. The second-order valence-electron chi connectivity index (χ2n) is 4.35. The van der Waals surface area contributed by atoms with Crippen molar-refractivity contribution < 1.29 is 0 Å². The van der Waals surface area contributed by atoms with Gasteiger partial charge in [0, 0.05) is 18.4 Å². The molecule has 0 spiro atoms. The Balaban J connectivity index is 1.68. The monoisotopic (exact) mass is 229 g/mol. The molecule has 2 rings (SSSR count). The fraction of sp³-hybridized carbons (Fsp3) is 0.357. The highest BCUT2D eigenvalue weighted by Gasteiger charge is 2.03. The van der Waals surface area contributed by atoms with Gasteiger partial charge in [-0.05, 0) is 24.4 Å². The van der Waals surface area contributed by atoms with E-state index in [1.54, 1.807) is 6.33 Å². The SMILES string of the molecule is CC(CCNCc1cnc[nH]1)c1ccccc1. The molecule has 1 aromatic carbocycles. The largest absolute Gasteiger partial charge is 0.347 e. The van der Waals surface area contributed by atoms with Gasteiger partial charge in [0.1, 0.15) is 0 Å². The van der Waals surface area contributed by atoms with Crippen molar-refractivity contribution in [2.75, 3.05) is 6.54 Å². The summed E-state index contributed by atoms with van der Waals surface area (Å²) in [6, 6.07) is 10.7. The van der Waals surface area contributed by atoms with Gasteiger partial charge in [0.05, 0.1) is 6.33 Å². The highest BCUT2D eigenvalue weighted by molar-refractivity contribution is 5.18. The van der Waals surface area contributed by atoms with Crippen molar-refractivity contribution in [2.45, 2.75) is 25.8 Å². The van der Waals surface area contributed by atoms with E-state index < -0.39 is 0 Å². The number of H-pyrrole nitrogens is 1. The van der Waals surface area contributed by atoms with Gasteiger partial charge in [-0.25, -0.2) is 4.98 Å². The molecule has 0 saturated carbocycles. The summed E-state index contributed by atoms with van der Waals surface area (Å²) in [5, 5.41) is 3.42. The molecule has 0 saturated heterocycles. The molecule has 0 aliphatic carbocycles. The van der Waals surface area contributed by atoms with E-state index in [2.05, 4.69) is 52.5 Å². The van der Waals surface area contributed by atoms with E-state index >= 15 is 0 Å². The lowest BCUT2D eigenvalue weighted by Gasteiger charge is -2.11. The summed E-state index contributed by atoms with van der Waals surface area (Å²) in [6.45, 7) is 4.16. The van der Waals surface area contributed by atoms with Crippen LogP contribution in [0.3, 0.4) is 0 Å². The Kier molecular flexibility index (Phi) is 4.33. The third kappa shape index (κ3) is 3.71. The quantitative estimate of drug-likeness (QED) is 0.748. The van der Waals surface area contributed by atoms with Crippen molar-refractivity contribution in [2.24, 2.45) is 0 Å². The summed E-state index contributed by atoms with van der Waals surface area (Å²) in [7, 11) is 0. The Morgan fingerprint density at radius 2 is 2.12 bits per heavy atom. The molecule has 17 heavy (non-hydrogen) atoms. The van der Waals surface area contributed by atoms with Crippen LogP contribution in [0.4, 0.5) is 0 Å². The van der Waals surface area contributed by atoms with E-state index in [0.717, 1.165) is 25.2 Å². The molecule has 2 N–H and O–H groups in total. The predicted molar refractivity (Wildman–Crippen MR) is 69.8 cm³/mol. The summed E-state index contributed by atoms with van der Waals surface area (Å²) in [5.41, 5.74) is 2.55. The number of hydrogen-bond donors (Lipinski definition) is 2. The minimum Gasteiger partial charge on any atom is -0.347 e. The number of hydrogen-bond acceptors (Lipinski definition) is 2. The molecule has 3 heteroatoms. The average molecular weight is 229 g/mol. The smallest absolute Gasteiger partial charge is 0.0922 e. The van der Waals surface area contributed by atoms with E-state index in [4.69, 9.17) is 0 Å². The van der Waals surface area contributed by atoms with Crippen LogP contribution in [0.1, 0.15) is 30.5 Å². The summed E-state index contributed by atoms with van der Waals surface area (Å²) in [6.07, 6.45) is 4.72. The zero-order valence-corrected chi connectivity index (χ0v) is 10.2. The fourth-order valence-electron chi connectivity index (χ4n) is 1.87. The van der Waals surface area contributed by atoms with Crippen molar-refractivity contribution in [3.63, 3.8) is 0 Å². The van der Waals surface area contributed by atoms with Gasteiger partial charge < -0.3 is 10.3 Å². The zero-order chi connectivity index (χ0) is 11.9. The van der Waals surface area contributed by atoms with Crippen LogP contribution in [0, 0.1) is 0 Å². The number of rotatable bonds is 6. The summed E-state index contributed by atoms with van der Waals surface area (Å²) < 4.78 is 0. The molecular formula is C14H19N3. The average Bonchev–Trinajstić information content (AvgIpc) is 2.88. The molecule has 0 fully saturated rings. The fourth-order valence-corrected chi connectivity index (χ4v) is 1.87. The minimum atomic E-state index is 0.602. The Bertz CT molecular complexity index is 408. The third-order valence-electron chi connectivity index (χ3n) is 2.99. The topological polar surface area (TPSA) is 40.7 Å². The molecule has 90 valence electrons. The first kappa shape index (κ1) is 11.9. The second-order valence-corrected chi connectivity index (χ2v) is 4.35. The van der Waals surface area contributed by atoms with E-state index in [0.29, 0.717) is 5.92 Å². The predicted octanol–water partition coefficient (Wildman–Crippen LogP) is 2.69. The molecule has 1 heterocycles. The van der Waals surface area contributed by atoms with Gasteiger partial charge in [-0.3, -0.25) is 0 Å². The maximum absolute atomic E-state index is 3.99. The maximum atomic E-state index is 3.99. The summed E-state index contributed by atoms with van der Waals surface area (Å²) >= 11 is 0. The lowest BCUT2D eigenvalue weighted by atomic mass is 9.98. The lowest BCUT2D eigenvalue weighted by Crippen LogP contribution is -2.16. The van der Waals surface area contributed by atoms with Crippen LogP contribution in [0.25, 0.3) is 0 Å². The van der Waals surface area contributed by atoms with E-state index in [1.165, 1.54) is 5.56 Å².